The van der Waals surface area contributed by atoms with Crippen LogP contribution in [0.15, 0.2) is 42.7 Å². The normalized spacial score (nSPS) is 10.2. The average Bonchev–Trinajstić information content (AvgIpc) is 2.43. The van der Waals surface area contributed by atoms with Crippen LogP contribution in [0.4, 0.5) is 5.69 Å². The zero-order valence-electron chi connectivity index (χ0n) is 10.3. The lowest BCUT2D eigenvalue weighted by Crippen LogP contribution is -2.26. The number of nitrogens with two attached hydrogens (primary N) is 1. The summed E-state index contributed by atoms with van der Waals surface area (Å²) in [6, 6.07) is 8.85. The molecule has 0 aliphatic heterocycles. The van der Waals surface area contributed by atoms with E-state index in [1.165, 1.54) is 0 Å². The summed E-state index contributed by atoms with van der Waals surface area (Å²) >= 11 is 5.88. The topological polar surface area (TPSA) is 68.0 Å². The van der Waals surface area contributed by atoms with Gasteiger partial charge in [0.2, 0.25) is 0 Å². The van der Waals surface area contributed by atoms with Gasteiger partial charge in [0.15, 0.2) is 0 Å². The molecule has 0 fully saturated rings. The van der Waals surface area contributed by atoms with Crippen LogP contribution in [0.5, 0.6) is 0 Å². The number of rotatable bonds is 4. The van der Waals surface area contributed by atoms with Crippen LogP contribution in [0.1, 0.15) is 15.9 Å². The smallest absolute Gasteiger partial charge is 0.253 e. The Kier molecular flexibility index (Phi) is 4.36. The number of carbonyl (C=O) groups excluding carboxylic acids is 1. The van der Waals surface area contributed by atoms with Gasteiger partial charge in [0.1, 0.15) is 0 Å². The number of pyridine rings is 1. The molecule has 0 saturated carbocycles. The fourth-order valence-corrected chi connectivity index (χ4v) is 1.87. The van der Waals surface area contributed by atoms with Gasteiger partial charge in [0.25, 0.3) is 5.91 Å². The largest absolute Gasteiger partial charge is 0.397 e. The number of para-hydroxylation sites is 1. The fraction of sp³-hybridized carbons (Fsp3) is 0.143. The number of nitrogen functional groups attached to an aromatic ring is 1. The standard InChI is InChI=1S/C14H14ClN3O/c15-12-3-1-2-11(13(12)16)14(19)18-9-6-10-4-7-17-8-5-10/h1-5,7-8H,6,9,16H2,(H,18,19). The second-order valence-corrected chi connectivity index (χ2v) is 4.47. The van der Waals surface area contributed by atoms with E-state index in [0.717, 1.165) is 12.0 Å². The molecule has 3 N–H and O–H groups in total. The Morgan fingerprint density at radius 3 is 2.74 bits per heavy atom. The van der Waals surface area contributed by atoms with Gasteiger partial charge in [-0.15, -0.1) is 0 Å². The highest BCUT2D eigenvalue weighted by Gasteiger charge is 2.10. The molecule has 2 aromatic rings. The number of anilines is 1. The van der Waals surface area contributed by atoms with E-state index < -0.39 is 0 Å². The number of hydrogen-bond acceptors (Lipinski definition) is 3. The fourth-order valence-electron chi connectivity index (χ4n) is 1.70. The van der Waals surface area contributed by atoms with E-state index in [0.29, 0.717) is 22.8 Å². The van der Waals surface area contributed by atoms with Crippen LogP contribution < -0.4 is 11.1 Å². The maximum absolute atomic E-state index is 11.9. The predicted molar refractivity (Wildman–Crippen MR) is 76.1 cm³/mol. The van der Waals surface area contributed by atoms with E-state index in [1.807, 2.05) is 12.1 Å². The van der Waals surface area contributed by atoms with Gasteiger partial charge in [-0.25, -0.2) is 0 Å². The van der Waals surface area contributed by atoms with Gasteiger partial charge in [-0.05, 0) is 36.2 Å². The van der Waals surface area contributed by atoms with Crippen LogP contribution in [0.2, 0.25) is 5.02 Å². The summed E-state index contributed by atoms with van der Waals surface area (Å²) in [4.78, 5) is 15.9. The first-order chi connectivity index (χ1) is 9.18. The summed E-state index contributed by atoms with van der Waals surface area (Å²) in [6.45, 7) is 0.537. The summed E-state index contributed by atoms with van der Waals surface area (Å²) in [7, 11) is 0. The molecule has 1 aromatic heterocycles. The first kappa shape index (κ1) is 13.4. The number of aromatic nitrogens is 1. The van der Waals surface area contributed by atoms with E-state index >= 15 is 0 Å². The van der Waals surface area contributed by atoms with Crippen LogP contribution in [0.3, 0.4) is 0 Å². The monoisotopic (exact) mass is 275 g/mol. The van der Waals surface area contributed by atoms with Crippen molar-refractivity contribution < 1.29 is 4.79 Å². The molecule has 0 spiro atoms. The van der Waals surface area contributed by atoms with Crippen molar-refractivity contribution in [2.24, 2.45) is 0 Å². The van der Waals surface area contributed by atoms with Crippen molar-refractivity contribution in [3.63, 3.8) is 0 Å². The van der Waals surface area contributed by atoms with Gasteiger partial charge < -0.3 is 11.1 Å². The van der Waals surface area contributed by atoms with Crippen LogP contribution in [0.25, 0.3) is 0 Å². The number of benzene rings is 1. The van der Waals surface area contributed by atoms with E-state index in [9.17, 15) is 4.79 Å². The van der Waals surface area contributed by atoms with E-state index in [4.69, 9.17) is 17.3 Å². The van der Waals surface area contributed by atoms with Crippen molar-refractivity contribution in [3.8, 4) is 0 Å². The molecule has 0 bridgehead atoms. The Balaban J connectivity index is 1.93. The first-order valence-electron chi connectivity index (χ1n) is 5.89. The molecule has 4 nitrogen and oxygen atoms in total. The summed E-state index contributed by atoms with van der Waals surface area (Å²) in [6.07, 6.45) is 4.20. The highest BCUT2D eigenvalue weighted by Crippen LogP contribution is 2.22. The maximum Gasteiger partial charge on any atom is 0.253 e. The SMILES string of the molecule is Nc1c(Cl)cccc1C(=O)NCCc1ccncc1. The molecule has 2 rings (SSSR count). The minimum atomic E-state index is -0.214. The molecular formula is C14H14ClN3O. The Labute approximate surface area is 116 Å². The van der Waals surface area contributed by atoms with Crippen LogP contribution in [0, 0.1) is 0 Å². The summed E-state index contributed by atoms with van der Waals surface area (Å²) in [5, 5.41) is 3.21. The molecule has 1 heterocycles. The van der Waals surface area contributed by atoms with Crippen LogP contribution >= 0.6 is 11.6 Å². The van der Waals surface area contributed by atoms with Crippen molar-refractivity contribution in [1.82, 2.24) is 10.3 Å². The predicted octanol–water partition coefficient (Wildman–Crippen LogP) is 2.29. The summed E-state index contributed by atoms with van der Waals surface area (Å²) in [5.74, 6) is -0.214. The zero-order valence-corrected chi connectivity index (χ0v) is 11.0. The number of hydrogen-bond donors (Lipinski definition) is 2. The lowest BCUT2D eigenvalue weighted by Gasteiger charge is -2.08. The van der Waals surface area contributed by atoms with Gasteiger partial charge in [-0.1, -0.05) is 17.7 Å². The average molecular weight is 276 g/mol. The van der Waals surface area contributed by atoms with E-state index in [2.05, 4.69) is 10.3 Å². The molecule has 0 aliphatic carbocycles. The molecule has 0 saturated heterocycles. The number of carbonyl (C=O) groups is 1. The molecule has 19 heavy (non-hydrogen) atoms. The van der Waals surface area contributed by atoms with Crippen molar-refractivity contribution >= 4 is 23.2 Å². The molecule has 0 radical (unpaired) electrons. The third kappa shape index (κ3) is 3.45. The Bertz CT molecular complexity index is 572. The Hall–Kier alpha value is -2.07. The van der Waals surface area contributed by atoms with Crippen molar-refractivity contribution in [1.29, 1.82) is 0 Å². The van der Waals surface area contributed by atoms with Crippen molar-refractivity contribution in [3.05, 3.63) is 58.9 Å². The minimum absolute atomic E-state index is 0.214. The second kappa shape index (κ2) is 6.20. The minimum Gasteiger partial charge on any atom is -0.397 e. The van der Waals surface area contributed by atoms with Gasteiger partial charge in [0.05, 0.1) is 16.3 Å². The number of nitrogens with one attached hydrogen (secondary N) is 1. The summed E-state index contributed by atoms with van der Waals surface area (Å²) < 4.78 is 0. The van der Waals surface area contributed by atoms with Crippen molar-refractivity contribution in [2.75, 3.05) is 12.3 Å². The van der Waals surface area contributed by atoms with Gasteiger partial charge in [-0.2, -0.15) is 0 Å². The lowest BCUT2D eigenvalue weighted by atomic mass is 10.1. The molecule has 1 aromatic carbocycles. The molecule has 98 valence electrons. The zero-order chi connectivity index (χ0) is 13.7. The quantitative estimate of drug-likeness (QED) is 0.841. The van der Waals surface area contributed by atoms with Crippen LogP contribution in [-0.4, -0.2) is 17.4 Å². The van der Waals surface area contributed by atoms with Crippen molar-refractivity contribution in [2.45, 2.75) is 6.42 Å². The molecule has 1 amide bonds. The third-order valence-electron chi connectivity index (χ3n) is 2.75. The molecule has 0 atom stereocenters. The number of nitrogens with zero attached hydrogens (tertiary/aromatic N) is 1. The molecule has 5 heteroatoms. The lowest BCUT2D eigenvalue weighted by molar-refractivity contribution is 0.0955. The highest BCUT2D eigenvalue weighted by molar-refractivity contribution is 6.33. The highest BCUT2D eigenvalue weighted by atomic mass is 35.5. The van der Waals surface area contributed by atoms with Gasteiger partial charge in [-0.3, -0.25) is 9.78 Å². The Morgan fingerprint density at radius 2 is 2.00 bits per heavy atom. The second-order valence-electron chi connectivity index (χ2n) is 4.06. The summed E-state index contributed by atoms with van der Waals surface area (Å²) in [5.41, 5.74) is 7.60. The maximum atomic E-state index is 11.9. The Morgan fingerprint density at radius 1 is 1.26 bits per heavy atom. The molecular weight excluding hydrogens is 262 g/mol. The third-order valence-corrected chi connectivity index (χ3v) is 3.08. The van der Waals surface area contributed by atoms with Gasteiger partial charge in [0, 0.05) is 18.9 Å². The number of halogens is 1. The molecule has 0 aliphatic rings. The van der Waals surface area contributed by atoms with E-state index in [1.54, 1.807) is 30.6 Å². The van der Waals surface area contributed by atoms with Gasteiger partial charge >= 0.3 is 0 Å². The molecule has 0 unspecified atom stereocenters. The van der Waals surface area contributed by atoms with Crippen LogP contribution in [-0.2, 0) is 6.42 Å². The first-order valence-corrected chi connectivity index (χ1v) is 6.27. The van der Waals surface area contributed by atoms with E-state index in [-0.39, 0.29) is 5.91 Å². The number of amides is 1.